The van der Waals surface area contributed by atoms with Crippen LogP contribution < -0.4 is 10.9 Å². The van der Waals surface area contributed by atoms with Gasteiger partial charge in [-0.05, 0) is 39.0 Å². The van der Waals surface area contributed by atoms with Gasteiger partial charge in [-0.3, -0.25) is 10.8 Å². The summed E-state index contributed by atoms with van der Waals surface area (Å²) in [6, 6.07) is 3.88. The van der Waals surface area contributed by atoms with E-state index in [0.29, 0.717) is 0 Å². The van der Waals surface area contributed by atoms with E-state index >= 15 is 0 Å². The molecule has 0 spiro atoms. The number of carbonyl (C=O) groups is 1. The third-order valence-corrected chi connectivity index (χ3v) is 2.20. The van der Waals surface area contributed by atoms with Gasteiger partial charge in [0.15, 0.2) is 0 Å². The van der Waals surface area contributed by atoms with Gasteiger partial charge in [-0.1, -0.05) is 11.6 Å². The molecule has 3 N–H and O–H groups in total. The van der Waals surface area contributed by atoms with E-state index in [1.807, 2.05) is 0 Å². The second kappa shape index (κ2) is 5.88. The number of hydrogen-bond donors (Lipinski definition) is 3. The minimum Gasteiger partial charge on any atom is -0.443 e. The summed E-state index contributed by atoms with van der Waals surface area (Å²) in [7, 11) is 0. The van der Waals surface area contributed by atoms with Crippen LogP contribution in [0.4, 0.5) is 9.18 Å². The predicted octanol–water partition coefficient (Wildman–Crippen LogP) is 2.83. The first kappa shape index (κ1) is 15.2. The molecule has 0 atom stereocenters. The molecular weight excluding hydrogens is 273 g/mol. The maximum Gasteiger partial charge on any atom is 0.426 e. The molecular formula is C12H15ClFN3O2. The van der Waals surface area contributed by atoms with Gasteiger partial charge in [-0.25, -0.2) is 14.6 Å². The molecule has 0 saturated carbocycles. The second-order valence-electron chi connectivity index (χ2n) is 4.76. The highest BCUT2D eigenvalue weighted by molar-refractivity contribution is 6.30. The molecule has 0 unspecified atom stereocenters. The van der Waals surface area contributed by atoms with Crippen LogP contribution in [0.1, 0.15) is 26.3 Å². The van der Waals surface area contributed by atoms with Crippen molar-refractivity contribution in [3.63, 3.8) is 0 Å². The summed E-state index contributed by atoms with van der Waals surface area (Å²) >= 11 is 5.53. The van der Waals surface area contributed by atoms with Gasteiger partial charge in [0.05, 0.1) is 5.02 Å². The number of nitrogens with one attached hydrogen (secondary N) is 3. The fourth-order valence-electron chi connectivity index (χ4n) is 1.14. The summed E-state index contributed by atoms with van der Waals surface area (Å²) in [6.45, 7) is 5.14. The zero-order chi connectivity index (χ0) is 14.6. The molecule has 1 aromatic carbocycles. The number of hydrazine groups is 1. The van der Waals surface area contributed by atoms with Crippen molar-refractivity contribution in [3.05, 3.63) is 34.6 Å². The molecule has 0 heterocycles. The third-order valence-electron chi connectivity index (χ3n) is 1.90. The Labute approximate surface area is 115 Å². The van der Waals surface area contributed by atoms with E-state index in [4.69, 9.17) is 21.7 Å². The Bertz CT molecular complexity index is 500. The number of amidine groups is 1. The van der Waals surface area contributed by atoms with Crippen LogP contribution in [0.25, 0.3) is 0 Å². The molecule has 0 aromatic heterocycles. The normalized spacial score (nSPS) is 10.8. The minimum absolute atomic E-state index is 0.0309. The highest BCUT2D eigenvalue weighted by atomic mass is 35.5. The van der Waals surface area contributed by atoms with E-state index in [9.17, 15) is 9.18 Å². The molecule has 19 heavy (non-hydrogen) atoms. The molecule has 0 saturated heterocycles. The Morgan fingerprint density at radius 2 is 2.00 bits per heavy atom. The van der Waals surface area contributed by atoms with Crippen LogP contribution in [-0.4, -0.2) is 17.5 Å². The SMILES string of the molecule is CC(C)(C)OC(=O)NNC(=N)c1ccc(Cl)c(F)c1. The summed E-state index contributed by atoms with van der Waals surface area (Å²) < 4.78 is 18.2. The lowest BCUT2D eigenvalue weighted by molar-refractivity contribution is 0.0513. The Kier molecular flexibility index (Phi) is 4.72. The van der Waals surface area contributed by atoms with Gasteiger partial charge >= 0.3 is 6.09 Å². The number of amides is 1. The van der Waals surface area contributed by atoms with Gasteiger partial charge < -0.3 is 4.74 Å². The lowest BCUT2D eigenvalue weighted by Gasteiger charge is -2.20. The van der Waals surface area contributed by atoms with Gasteiger partial charge in [0.25, 0.3) is 0 Å². The van der Waals surface area contributed by atoms with E-state index < -0.39 is 17.5 Å². The summed E-state index contributed by atoms with van der Waals surface area (Å²) in [4.78, 5) is 11.3. The highest BCUT2D eigenvalue weighted by Crippen LogP contribution is 2.15. The topological polar surface area (TPSA) is 74.2 Å². The van der Waals surface area contributed by atoms with Crippen LogP contribution in [0.5, 0.6) is 0 Å². The summed E-state index contributed by atoms with van der Waals surface area (Å²) in [5, 5.41) is 7.60. The van der Waals surface area contributed by atoms with Crippen molar-refractivity contribution in [2.45, 2.75) is 26.4 Å². The monoisotopic (exact) mass is 287 g/mol. The van der Waals surface area contributed by atoms with E-state index in [1.165, 1.54) is 12.1 Å². The number of halogens is 2. The van der Waals surface area contributed by atoms with Gasteiger partial charge in [-0.2, -0.15) is 0 Å². The molecule has 104 valence electrons. The molecule has 1 amide bonds. The van der Waals surface area contributed by atoms with E-state index in [1.54, 1.807) is 20.8 Å². The molecule has 0 aliphatic heterocycles. The molecule has 1 rings (SSSR count). The Morgan fingerprint density at radius 1 is 1.37 bits per heavy atom. The number of ether oxygens (including phenoxy) is 1. The fourth-order valence-corrected chi connectivity index (χ4v) is 1.26. The average Bonchev–Trinajstić information content (AvgIpc) is 2.27. The lowest BCUT2D eigenvalue weighted by Crippen LogP contribution is -2.44. The number of rotatable bonds is 1. The Hall–Kier alpha value is -1.82. The maximum atomic E-state index is 13.2. The van der Waals surface area contributed by atoms with E-state index in [0.717, 1.165) is 6.07 Å². The summed E-state index contributed by atoms with van der Waals surface area (Å²) in [6.07, 6.45) is -0.730. The van der Waals surface area contributed by atoms with Gasteiger partial charge in [0, 0.05) is 5.56 Å². The van der Waals surface area contributed by atoms with Crippen LogP contribution in [0.2, 0.25) is 5.02 Å². The third kappa shape index (κ3) is 5.13. The second-order valence-corrected chi connectivity index (χ2v) is 5.16. The molecule has 0 bridgehead atoms. The van der Waals surface area contributed by atoms with Gasteiger partial charge in [0.2, 0.25) is 0 Å². The first-order valence-electron chi connectivity index (χ1n) is 5.48. The molecule has 1 aromatic rings. The van der Waals surface area contributed by atoms with Crippen molar-refractivity contribution in [1.29, 1.82) is 5.41 Å². The van der Waals surface area contributed by atoms with Crippen molar-refractivity contribution in [2.75, 3.05) is 0 Å². The van der Waals surface area contributed by atoms with Crippen molar-refractivity contribution >= 4 is 23.5 Å². The maximum absolute atomic E-state index is 13.2. The first-order chi connectivity index (χ1) is 8.69. The van der Waals surface area contributed by atoms with E-state index in [2.05, 4.69) is 10.9 Å². The first-order valence-corrected chi connectivity index (χ1v) is 5.86. The smallest absolute Gasteiger partial charge is 0.426 e. The molecule has 0 radical (unpaired) electrons. The highest BCUT2D eigenvalue weighted by Gasteiger charge is 2.16. The van der Waals surface area contributed by atoms with Crippen molar-refractivity contribution in [1.82, 2.24) is 10.9 Å². The standard InChI is InChI=1S/C12H15ClFN3O2/c1-12(2,3)19-11(18)17-16-10(15)7-4-5-8(13)9(14)6-7/h4-6H,1-3H3,(H2,15,16)(H,17,18). The molecule has 5 nitrogen and oxygen atoms in total. The molecule has 0 aliphatic carbocycles. The quantitative estimate of drug-likeness (QED) is 0.422. The van der Waals surface area contributed by atoms with Crippen molar-refractivity contribution in [3.8, 4) is 0 Å². The van der Waals surface area contributed by atoms with Crippen LogP contribution in [0.3, 0.4) is 0 Å². The predicted molar refractivity (Wildman–Crippen MR) is 70.7 cm³/mol. The Morgan fingerprint density at radius 3 is 2.53 bits per heavy atom. The number of carbonyl (C=O) groups excluding carboxylic acids is 1. The van der Waals surface area contributed by atoms with Gasteiger partial charge in [-0.15, -0.1) is 0 Å². The molecule has 7 heteroatoms. The van der Waals surface area contributed by atoms with E-state index in [-0.39, 0.29) is 16.4 Å². The zero-order valence-corrected chi connectivity index (χ0v) is 11.6. The van der Waals surface area contributed by atoms with Crippen molar-refractivity contribution in [2.24, 2.45) is 0 Å². The van der Waals surface area contributed by atoms with Crippen LogP contribution >= 0.6 is 11.6 Å². The fraction of sp³-hybridized carbons (Fsp3) is 0.333. The molecule has 0 aliphatic rings. The lowest BCUT2D eigenvalue weighted by atomic mass is 10.2. The van der Waals surface area contributed by atoms with Crippen LogP contribution in [-0.2, 0) is 4.74 Å². The minimum atomic E-state index is -0.730. The van der Waals surface area contributed by atoms with Crippen LogP contribution in [0, 0.1) is 11.2 Å². The van der Waals surface area contributed by atoms with Crippen molar-refractivity contribution < 1.29 is 13.9 Å². The Balaban J connectivity index is 2.56. The number of benzene rings is 1. The van der Waals surface area contributed by atoms with Gasteiger partial charge in [0.1, 0.15) is 17.3 Å². The zero-order valence-electron chi connectivity index (χ0n) is 10.8. The largest absolute Gasteiger partial charge is 0.443 e. The average molecular weight is 288 g/mol. The summed E-state index contributed by atoms with van der Waals surface area (Å²) in [5.41, 5.74) is 4.11. The molecule has 0 fully saturated rings. The van der Waals surface area contributed by atoms with Crippen LogP contribution in [0.15, 0.2) is 18.2 Å². The number of hydrogen-bond acceptors (Lipinski definition) is 3. The summed E-state index contributed by atoms with van der Waals surface area (Å²) in [5.74, 6) is -0.815.